The minimum atomic E-state index is -0.236. The van der Waals surface area contributed by atoms with Gasteiger partial charge in [0.2, 0.25) is 0 Å². The highest BCUT2D eigenvalue weighted by molar-refractivity contribution is 8.00. The number of ether oxygens (including phenoxy) is 1. The largest absolute Gasteiger partial charge is 0.451 e. The van der Waals surface area contributed by atoms with Crippen molar-refractivity contribution in [3.63, 3.8) is 0 Å². The lowest BCUT2D eigenvalue weighted by molar-refractivity contribution is 0.0342. The van der Waals surface area contributed by atoms with E-state index in [0.717, 1.165) is 70.7 Å². The molecule has 1 aliphatic heterocycles. The molecule has 0 radical (unpaired) electrons. The van der Waals surface area contributed by atoms with Crippen molar-refractivity contribution in [3.8, 4) is 0 Å². The SMILES string of the molecule is Cc1csc(SCc2c(C(=O)Nc3cccc(CN4CCOCC4)c3)oc3ccccc23)n1. The van der Waals surface area contributed by atoms with Gasteiger partial charge in [-0.05, 0) is 30.7 Å². The van der Waals surface area contributed by atoms with Crippen LogP contribution < -0.4 is 5.32 Å². The molecule has 1 saturated heterocycles. The van der Waals surface area contributed by atoms with E-state index in [9.17, 15) is 4.79 Å². The summed E-state index contributed by atoms with van der Waals surface area (Å²) in [6.07, 6.45) is 0. The summed E-state index contributed by atoms with van der Waals surface area (Å²) in [5.74, 6) is 0.736. The monoisotopic (exact) mass is 479 g/mol. The summed E-state index contributed by atoms with van der Waals surface area (Å²) >= 11 is 3.24. The van der Waals surface area contributed by atoms with E-state index in [1.54, 1.807) is 23.1 Å². The highest BCUT2D eigenvalue weighted by Crippen LogP contribution is 2.33. The molecule has 2 aromatic carbocycles. The molecule has 8 heteroatoms. The fraction of sp³-hybridized carbons (Fsp3) is 0.280. The number of nitrogens with zero attached hydrogens (tertiary/aromatic N) is 2. The van der Waals surface area contributed by atoms with Crippen molar-refractivity contribution in [2.24, 2.45) is 0 Å². The van der Waals surface area contributed by atoms with E-state index >= 15 is 0 Å². The van der Waals surface area contributed by atoms with Gasteiger partial charge in [0.15, 0.2) is 5.76 Å². The van der Waals surface area contributed by atoms with Crippen LogP contribution in [0.1, 0.15) is 27.4 Å². The average Bonchev–Trinajstić information content (AvgIpc) is 3.42. The molecule has 6 nitrogen and oxygen atoms in total. The highest BCUT2D eigenvalue weighted by atomic mass is 32.2. The summed E-state index contributed by atoms with van der Waals surface area (Å²) in [6.45, 7) is 6.21. The Morgan fingerprint density at radius 3 is 2.85 bits per heavy atom. The first-order chi connectivity index (χ1) is 16.2. The molecule has 0 aliphatic carbocycles. The summed E-state index contributed by atoms with van der Waals surface area (Å²) in [4.78, 5) is 20.2. The quantitative estimate of drug-likeness (QED) is 0.349. The molecule has 33 heavy (non-hydrogen) atoms. The van der Waals surface area contributed by atoms with Gasteiger partial charge in [-0.15, -0.1) is 11.3 Å². The number of thiazole rings is 1. The number of para-hydroxylation sites is 1. The zero-order valence-corrected chi connectivity index (χ0v) is 20.0. The van der Waals surface area contributed by atoms with Gasteiger partial charge in [0.05, 0.1) is 13.2 Å². The first-order valence-corrected chi connectivity index (χ1v) is 12.8. The Balaban J connectivity index is 1.35. The van der Waals surface area contributed by atoms with Crippen LogP contribution in [-0.4, -0.2) is 42.1 Å². The van der Waals surface area contributed by atoms with E-state index in [0.29, 0.717) is 11.5 Å². The lowest BCUT2D eigenvalue weighted by atomic mass is 10.1. The second-order valence-electron chi connectivity index (χ2n) is 7.99. The Morgan fingerprint density at radius 2 is 2.03 bits per heavy atom. The fourth-order valence-electron chi connectivity index (χ4n) is 3.91. The predicted octanol–water partition coefficient (Wildman–Crippen LogP) is 5.57. The number of nitrogens with one attached hydrogen (secondary N) is 1. The van der Waals surface area contributed by atoms with Crippen LogP contribution in [0, 0.1) is 6.92 Å². The third kappa shape index (κ3) is 5.30. The number of fused-ring (bicyclic) bond motifs is 1. The van der Waals surface area contributed by atoms with Crippen molar-refractivity contribution >= 4 is 45.7 Å². The molecule has 0 saturated carbocycles. The Kier molecular flexibility index (Phi) is 6.78. The fourth-order valence-corrected chi connectivity index (χ4v) is 5.79. The number of carbonyl (C=O) groups excluding carboxylic acids is 1. The van der Waals surface area contributed by atoms with Crippen LogP contribution in [0.5, 0.6) is 0 Å². The standard InChI is InChI=1S/C25H25N3O3S2/c1-17-15-32-25(26-17)33-16-21-20-7-2-3-8-22(20)31-23(21)24(29)27-19-6-4-5-18(13-19)14-28-9-11-30-12-10-28/h2-8,13,15H,9-12,14,16H2,1H3,(H,27,29). The van der Waals surface area contributed by atoms with Crippen molar-refractivity contribution in [2.75, 3.05) is 31.6 Å². The molecule has 4 aromatic rings. The molecule has 170 valence electrons. The van der Waals surface area contributed by atoms with E-state index in [2.05, 4.69) is 21.3 Å². The first-order valence-electron chi connectivity index (χ1n) is 10.9. The Morgan fingerprint density at radius 1 is 1.18 bits per heavy atom. The van der Waals surface area contributed by atoms with E-state index < -0.39 is 0 Å². The molecule has 1 N–H and O–H groups in total. The van der Waals surface area contributed by atoms with Gasteiger partial charge in [-0.1, -0.05) is 42.1 Å². The highest BCUT2D eigenvalue weighted by Gasteiger charge is 2.21. The topological polar surface area (TPSA) is 67.6 Å². The zero-order valence-electron chi connectivity index (χ0n) is 18.4. The van der Waals surface area contributed by atoms with Crippen LogP contribution in [0.4, 0.5) is 5.69 Å². The number of aromatic nitrogens is 1. The van der Waals surface area contributed by atoms with Gasteiger partial charge < -0.3 is 14.5 Å². The molecule has 0 bridgehead atoms. The molecule has 5 rings (SSSR count). The maximum atomic E-state index is 13.3. The summed E-state index contributed by atoms with van der Waals surface area (Å²) < 4.78 is 12.4. The number of carbonyl (C=O) groups is 1. The maximum absolute atomic E-state index is 13.3. The van der Waals surface area contributed by atoms with Crippen LogP contribution >= 0.6 is 23.1 Å². The molecule has 1 amide bonds. The summed E-state index contributed by atoms with van der Waals surface area (Å²) in [5, 5.41) is 6.04. The molecule has 1 aliphatic rings. The molecular formula is C25H25N3O3S2. The third-order valence-electron chi connectivity index (χ3n) is 5.54. The van der Waals surface area contributed by atoms with Gasteiger partial charge in [0.1, 0.15) is 9.92 Å². The molecule has 2 aromatic heterocycles. The summed E-state index contributed by atoms with van der Waals surface area (Å²) in [7, 11) is 0. The Hall–Kier alpha value is -2.65. The smallest absolute Gasteiger partial charge is 0.291 e. The molecule has 3 heterocycles. The van der Waals surface area contributed by atoms with Gasteiger partial charge in [0, 0.05) is 53.1 Å². The number of benzene rings is 2. The van der Waals surface area contributed by atoms with E-state index in [4.69, 9.17) is 9.15 Å². The lowest BCUT2D eigenvalue weighted by Crippen LogP contribution is -2.35. The maximum Gasteiger partial charge on any atom is 0.291 e. The van der Waals surface area contributed by atoms with Crippen molar-refractivity contribution in [1.82, 2.24) is 9.88 Å². The Labute approximate surface area is 201 Å². The predicted molar refractivity (Wildman–Crippen MR) is 133 cm³/mol. The van der Waals surface area contributed by atoms with Gasteiger partial charge >= 0.3 is 0 Å². The normalized spacial score (nSPS) is 14.6. The van der Waals surface area contributed by atoms with Gasteiger partial charge in [-0.3, -0.25) is 9.69 Å². The number of amides is 1. The first kappa shape index (κ1) is 22.2. The number of hydrogen-bond donors (Lipinski definition) is 1. The van der Waals surface area contributed by atoms with Crippen LogP contribution in [0.3, 0.4) is 0 Å². The van der Waals surface area contributed by atoms with Crippen molar-refractivity contribution in [1.29, 1.82) is 0 Å². The second kappa shape index (κ2) is 10.1. The number of rotatable bonds is 7. The molecule has 0 spiro atoms. The van der Waals surface area contributed by atoms with E-state index in [1.807, 2.05) is 54.8 Å². The number of aryl methyl sites for hydroxylation is 1. The molecular weight excluding hydrogens is 454 g/mol. The third-order valence-corrected chi connectivity index (χ3v) is 7.70. The number of morpholine rings is 1. The van der Waals surface area contributed by atoms with E-state index in [-0.39, 0.29) is 5.91 Å². The van der Waals surface area contributed by atoms with Crippen molar-refractivity contribution in [2.45, 2.75) is 23.6 Å². The summed E-state index contributed by atoms with van der Waals surface area (Å²) in [6, 6.07) is 15.8. The minimum absolute atomic E-state index is 0.236. The Bertz CT molecular complexity index is 1260. The van der Waals surface area contributed by atoms with Crippen LogP contribution in [0.2, 0.25) is 0 Å². The molecule has 0 unspecified atom stereocenters. The van der Waals surface area contributed by atoms with Crippen LogP contribution in [0.15, 0.2) is 62.7 Å². The van der Waals surface area contributed by atoms with E-state index in [1.165, 1.54) is 0 Å². The number of anilines is 1. The number of furan rings is 1. The van der Waals surface area contributed by atoms with Crippen molar-refractivity contribution in [3.05, 3.63) is 76.5 Å². The number of thioether (sulfide) groups is 1. The minimum Gasteiger partial charge on any atom is -0.451 e. The lowest BCUT2D eigenvalue weighted by Gasteiger charge is -2.26. The second-order valence-corrected chi connectivity index (χ2v) is 10.1. The average molecular weight is 480 g/mol. The van der Waals surface area contributed by atoms with Crippen LogP contribution in [0.25, 0.3) is 11.0 Å². The summed E-state index contributed by atoms with van der Waals surface area (Å²) in [5.41, 5.74) is 4.55. The van der Waals surface area contributed by atoms with Gasteiger partial charge in [0.25, 0.3) is 5.91 Å². The van der Waals surface area contributed by atoms with Gasteiger partial charge in [-0.2, -0.15) is 0 Å². The molecule has 0 atom stereocenters. The number of hydrogen-bond acceptors (Lipinski definition) is 7. The molecule has 1 fully saturated rings. The van der Waals surface area contributed by atoms with Gasteiger partial charge in [-0.25, -0.2) is 4.98 Å². The zero-order chi connectivity index (χ0) is 22.6. The van der Waals surface area contributed by atoms with Crippen LogP contribution in [-0.2, 0) is 17.0 Å². The van der Waals surface area contributed by atoms with Crippen molar-refractivity contribution < 1.29 is 13.9 Å².